The SMILES string of the molecule is CCCCCC(C)CC1CCC1CCCCC. The fourth-order valence-corrected chi connectivity index (χ4v) is 3.36. The Morgan fingerprint density at radius 1 is 0.882 bits per heavy atom. The van der Waals surface area contributed by atoms with Crippen molar-refractivity contribution in [2.75, 3.05) is 0 Å². The predicted molar refractivity (Wildman–Crippen MR) is 78.3 cm³/mol. The van der Waals surface area contributed by atoms with E-state index in [1.807, 2.05) is 0 Å². The first-order valence-corrected chi connectivity index (χ1v) is 8.27. The summed E-state index contributed by atoms with van der Waals surface area (Å²) < 4.78 is 0. The van der Waals surface area contributed by atoms with Gasteiger partial charge in [0, 0.05) is 0 Å². The van der Waals surface area contributed by atoms with Crippen LogP contribution in [0.25, 0.3) is 0 Å². The Bertz CT molecular complexity index is 173. The van der Waals surface area contributed by atoms with Gasteiger partial charge in [-0.25, -0.2) is 0 Å². The molecule has 102 valence electrons. The smallest absolute Gasteiger partial charge is 0.0383 e. The summed E-state index contributed by atoms with van der Waals surface area (Å²) in [6, 6.07) is 0. The van der Waals surface area contributed by atoms with E-state index in [-0.39, 0.29) is 0 Å². The van der Waals surface area contributed by atoms with E-state index in [2.05, 4.69) is 20.8 Å². The van der Waals surface area contributed by atoms with E-state index in [0.29, 0.717) is 0 Å². The van der Waals surface area contributed by atoms with Crippen LogP contribution in [-0.4, -0.2) is 0 Å². The minimum atomic E-state index is 0.987. The van der Waals surface area contributed by atoms with E-state index in [1.165, 1.54) is 70.6 Å². The van der Waals surface area contributed by atoms with E-state index >= 15 is 0 Å². The Morgan fingerprint density at radius 2 is 1.53 bits per heavy atom. The summed E-state index contributed by atoms with van der Waals surface area (Å²) in [6.07, 6.45) is 16.2. The van der Waals surface area contributed by atoms with Gasteiger partial charge in [-0.15, -0.1) is 0 Å². The third-order valence-electron chi connectivity index (χ3n) is 4.76. The quantitative estimate of drug-likeness (QED) is 0.397. The molecule has 0 aromatic heterocycles. The molecule has 3 atom stereocenters. The molecule has 1 saturated carbocycles. The zero-order valence-electron chi connectivity index (χ0n) is 12.5. The Balaban J connectivity index is 2.05. The summed E-state index contributed by atoms with van der Waals surface area (Å²) in [5.74, 6) is 3.19. The first-order chi connectivity index (χ1) is 8.27. The number of rotatable bonds is 10. The number of hydrogen-bond donors (Lipinski definition) is 0. The maximum atomic E-state index is 2.48. The highest BCUT2D eigenvalue weighted by Crippen LogP contribution is 2.42. The summed E-state index contributed by atoms with van der Waals surface area (Å²) in [4.78, 5) is 0. The average molecular weight is 238 g/mol. The van der Waals surface area contributed by atoms with Crippen LogP contribution in [0, 0.1) is 17.8 Å². The molecule has 0 N–H and O–H groups in total. The Hall–Kier alpha value is 0. The van der Waals surface area contributed by atoms with Crippen molar-refractivity contribution >= 4 is 0 Å². The first kappa shape index (κ1) is 15.1. The van der Waals surface area contributed by atoms with E-state index in [0.717, 1.165) is 17.8 Å². The second-order valence-electron chi connectivity index (χ2n) is 6.43. The molecule has 3 unspecified atom stereocenters. The molecule has 17 heavy (non-hydrogen) atoms. The van der Waals surface area contributed by atoms with Gasteiger partial charge in [0.05, 0.1) is 0 Å². The molecule has 0 spiro atoms. The third-order valence-corrected chi connectivity index (χ3v) is 4.76. The zero-order valence-corrected chi connectivity index (χ0v) is 12.5. The first-order valence-electron chi connectivity index (χ1n) is 8.27. The molecule has 1 aliphatic rings. The van der Waals surface area contributed by atoms with Crippen molar-refractivity contribution in [1.29, 1.82) is 0 Å². The monoisotopic (exact) mass is 238 g/mol. The highest BCUT2D eigenvalue weighted by atomic mass is 14.4. The van der Waals surface area contributed by atoms with Crippen molar-refractivity contribution in [3.63, 3.8) is 0 Å². The van der Waals surface area contributed by atoms with Gasteiger partial charge in [0.15, 0.2) is 0 Å². The van der Waals surface area contributed by atoms with Gasteiger partial charge in [-0.05, 0) is 37.0 Å². The van der Waals surface area contributed by atoms with E-state index in [4.69, 9.17) is 0 Å². The second kappa shape index (κ2) is 9.00. The van der Waals surface area contributed by atoms with E-state index in [1.54, 1.807) is 0 Å². The van der Waals surface area contributed by atoms with Crippen LogP contribution < -0.4 is 0 Å². The van der Waals surface area contributed by atoms with Crippen molar-refractivity contribution in [1.82, 2.24) is 0 Å². The molecule has 0 nitrogen and oxygen atoms in total. The lowest BCUT2D eigenvalue weighted by Gasteiger charge is -2.38. The molecular formula is C17H34. The molecule has 0 aromatic rings. The fourth-order valence-electron chi connectivity index (χ4n) is 3.36. The maximum Gasteiger partial charge on any atom is -0.0383 e. The molecular weight excluding hydrogens is 204 g/mol. The Morgan fingerprint density at radius 3 is 2.12 bits per heavy atom. The predicted octanol–water partition coefficient (Wildman–Crippen LogP) is 6.20. The minimum Gasteiger partial charge on any atom is -0.0654 e. The van der Waals surface area contributed by atoms with Crippen molar-refractivity contribution in [3.05, 3.63) is 0 Å². The second-order valence-corrected chi connectivity index (χ2v) is 6.43. The lowest BCUT2D eigenvalue weighted by atomic mass is 9.67. The molecule has 0 aliphatic heterocycles. The molecule has 0 aromatic carbocycles. The molecule has 1 rings (SSSR count). The largest absolute Gasteiger partial charge is 0.0654 e. The van der Waals surface area contributed by atoms with Gasteiger partial charge in [0.1, 0.15) is 0 Å². The van der Waals surface area contributed by atoms with Gasteiger partial charge in [-0.3, -0.25) is 0 Å². The van der Waals surface area contributed by atoms with Gasteiger partial charge < -0.3 is 0 Å². The average Bonchev–Trinajstić information content (AvgIpc) is 2.31. The molecule has 0 heterocycles. The highest BCUT2D eigenvalue weighted by Gasteiger charge is 2.30. The molecule has 0 saturated heterocycles. The molecule has 1 aliphatic carbocycles. The van der Waals surface area contributed by atoms with Crippen LogP contribution in [0.3, 0.4) is 0 Å². The lowest BCUT2D eigenvalue weighted by molar-refractivity contribution is 0.128. The van der Waals surface area contributed by atoms with Crippen LogP contribution in [-0.2, 0) is 0 Å². The van der Waals surface area contributed by atoms with Crippen LogP contribution in [0.2, 0.25) is 0 Å². The summed E-state index contributed by atoms with van der Waals surface area (Å²) in [6.45, 7) is 7.10. The van der Waals surface area contributed by atoms with Crippen molar-refractivity contribution < 1.29 is 0 Å². The van der Waals surface area contributed by atoms with E-state index in [9.17, 15) is 0 Å². The summed E-state index contributed by atoms with van der Waals surface area (Å²) in [5.41, 5.74) is 0. The number of hydrogen-bond acceptors (Lipinski definition) is 0. The van der Waals surface area contributed by atoms with Crippen LogP contribution in [0.15, 0.2) is 0 Å². The molecule has 0 heteroatoms. The van der Waals surface area contributed by atoms with E-state index < -0.39 is 0 Å². The lowest BCUT2D eigenvalue weighted by Crippen LogP contribution is -2.27. The third kappa shape index (κ3) is 5.93. The van der Waals surface area contributed by atoms with Gasteiger partial charge >= 0.3 is 0 Å². The fraction of sp³-hybridized carbons (Fsp3) is 1.00. The molecule has 0 radical (unpaired) electrons. The van der Waals surface area contributed by atoms with Crippen molar-refractivity contribution in [2.24, 2.45) is 17.8 Å². The van der Waals surface area contributed by atoms with Crippen LogP contribution in [0.5, 0.6) is 0 Å². The van der Waals surface area contributed by atoms with Gasteiger partial charge in [0.2, 0.25) is 0 Å². The van der Waals surface area contributed by atoms with Gasteiger partial charge in [0.25, 0.3) is 0 Å². The topological polar surface area (TPSA) is 0 Å². The maximum absolute atomic E-state index is 2.48. The van der Waals surface area contributed by atoms with Gasteiger partial charge in [-0.2, -0.15) is 0 Å². The van der Waals surface area contributed by atoms with Gasteiger partial charge in [-0.1, -0.05) is 72.1 Å². The molecule has 0 bridgehead atoms. The zero-order chi connectivity index (χ0) is 12.5. The molecule has 1 fully saturated rings. The van der Waals surface area contributed by atoms with Crippen molar-refractivity contribution in [3.8, 4) is 0 Å². The minimum absolute atomic E-state index is 0.987. The summed E-state index contributed by atoms with van der Waals surface area (Å²) >= 11 is 0. The van der Waals surface area contributed by atoms with Crippen LogP contribution in [0.1, 0.15) is 91.4 Å². The Labute approximate surface area is 110 Å². The van der Waals surface area contributed by atoms with Crippen LogP contribution >= 0.6 is 0 Å². The standard InChI is InChI=1S/C17H34/c1-4-6-8-10-15(3)14-17-13-12-16(17)11-9-7-5-2/h15-17H,4-14H2,1-3H3. The number of unbranched alkanes of at least 4 members (excludes halogenated alkanes) is 4. The van der Waals surface area contributed by atoms with Crippen molar-refractivity contribution in [2.45, 2.75) is 91.4 Å². The summed E-state index contributed by atoms with van der Waals surface area (Å²) in [5, 5.41) is 0. The molecule has 0 amide bonds. The Kier molecular flexibility index (Phi) is 7.97. The normalized spacial score (nSPS) is 25.6. The van der Waals surface area contributed by atoms with Crippen LogP contribution in [0.4, 0.5) is 0 Å². The summed E-state index contributed by atoms with van der Waals surface area (Å²) in [7, 11) is 0. The highest BCUT2D eigenvalue weighted by molar-refractivity contribution is 4.81.